The number of likely N-dealkylation sites (tertiary alicyclic amines) is 1. The molecule has 0 aromatic rings. The Balaban J connectivity index is 0.000000189. The van der Waals surface area contributed by atoms with E-state index in [0.717, 1.165) is 83.3 Å². The normalized spacial score (nSPS) is 34.3. The Morgan fingerprint density at radius 1 is 0.701 bits per heavy atom. The fraction of sp³-hybridized carbons (Fsp3) is 0.902. The molecule has 10 fully saturated rings. The number of carbonyl (C=O) groups is 5. The van der Waals surface area contributed by atoms with Crippen LogP contribution in [0.25, 0.3) is 0 Å². The second-order valence-corrected chi connectivity index (χ2v) is 24.1. The first-order valence-corrected chi connectivity index (χ1v) is 25.8. The summed E-state index contributed by atoms with van der Waals surface area (Å²) in [6.45, 7) is 29.4. The van der Waals surface area contributed by atoms with Crippen LogP contribution in [0, 0.1) is 35.5 Å². The van der Waals surface area contributed by atoms with E-state index in [2.05, 4.69) is 66.1 Å². The van der Waals surface area contributed by atoms with Crippen LogP contribution in [-0.2, 0) is 23.8 Å². The van der Waals surface area contributed by atoms with E-state index >= 15 is 0 Å². The number of rotatable bonds is 8. The van der Waals surface area contributed by atoms with Gasteiger partial charge in [-0.3, -0.25) is 14.5 Å². The Labute approximate surface area is 402 Å². The molecule has 0 spiro atoms. The lowest BCUT2D eigenvalue weighted by Gasteiger charge is -2.59. The smallest absolute Gasteiger partial charge is 0.410 e. The molecule has 8 aliphatic carbocycles. The van der Waals surface area contributed by atoms with E-state index in [1.54, 1.807) is 18.7 Å². The maximum absolute atomic E-state index is 12.8. The van der Waals surface area contributed by atoms with E-state index in [1.807, 2.05) is 41.5 Å². The Hall–Kier alpha value is -3.37. The molecule has 5 amide bonds. The van der Waals surface area contributed by atoms with Crippen molar-refractivity contribution >= 4 is 30.1 Å². The predicted octanol–water partition coefficient (Wildman–Crippen LogP) is 6.87. The lowest BCUT2D eigenvalue weighted by Crippen LogP contribution is -2.64. The number of nitrogens with zero attached hydrogens (tertiary/aromatic N) is 2. The van der Waals surface area contributed by atoms with E-state index in [4.69, 9.17) is 14.2 Å². The van der Waals surface area contributed by atoms with Crippen molar-refractivity contribution in [1.82, 2.24) is 36.4 Å². The summed E-state index contributed by atoms with van der Waals surface area (Å²) >= 11 is 0. The molecule has 6 N–H and O–H groups in total. The van der Waals surface area contributed by atoms with Crippen molar-refractivity contribution in [2.24, 2.45) is 35.5 Å². The summed E-state index contributed by atoms with van der Waals surface area (Å²) in [5.74, 6) is 3.04. The van der Waals surface area contributed by atoms with Crippen molar-refractivity contribution in [3.63, 3.8) is 0 Å². The molecule has 67 heavy (non-hydrogen) atoms. The minimum atomic E-state index is -0.546. The molecule has 4 unspecified atom stereocenters. The van der Waals surface area contributed by atoms with Crippen LogP contribution in [0.2, 0.25) is 0 Å². The van der Waals surface area contributed by atoms with E-state index in [1.165, 1.54) is 12.8 Å². The van der Waals surface area contributed by atoms with E-state index < -0.39 is 17.3 Å². The molecule has 8 saturated carbocycles. The first kappa shape index (κ1) is 54.6. The van der Waals surface area contributed by atoms with Gasteiger partial charge in [-0.1, -0.05) is 6.92 Å². The topological polar surface area (TPSA) is 200 Å². The van der Waals surface area contributed by atoms with Gasteiger partial charge in [0.05, 0.1) is 12.1 Å². The molecule has 0 aromatic heterocycles. The summed E-state index contributed by atoms with van der Waals surface area (Å²) in [5, 5.41) is 25.3. The van der Waals surface area contributed by atoms with E-state index in [-0.39, 0.29) is 59.4 Å². The van der Waals surface area contributed by atoms with Crippen LogP contribution in [0.4, 0.5) is 14.4 Å². The SMILES string of the molecule is CC(=O)NC12CC3CC(C1)C(O)C(C3)C2.CC(=O)NC12CC3CC(C1)C(OC(=O)N1CC[C@@H](NC(=O)OC(C)(C)C)C1)C(C3)C2.CC(C)(C)OC(=O)N[C@@H]1CCNC1.CCN(C(C)C)C(C)C. The van der Waals surface area contributed by atoms with Gasteiger partial charge >= 0.3 is 18.3 Å². The quantitative estimate of drug-likeness (QED) is 0.139. The molecule has 16 heteroatoms. The van der Waals surface area contributed by atoms with Gasteiger partial charge in [0.1, 0.15) is 17.3 Å². The summed E-state index contributed by atoms with van der Waals surface area (Å²) in [5.41, 5.74) is -1.01. The maximum atomic E-state index is 12.8. The van der Waals surface area contributed by atoms with Crippen molar-refractivity contribution in [3.8, 4) is 0 Å². The van der Waals surface area contributed by atoms with Gasteiger partial charge in [0.15, 0.2) is 0 Å². The van der Waals surface area contributed by atoms with Gasteiger partial charge in [-0.05, 0) is 195 Å². The molecular weight excluding hydrogens is 855 g/mol. The lowest BCUT2D eigenvalue weighted by atomic mass is 9.51. The Bertz CT molecular complexity index is 1650. The summed E-state index contributed by atoms with van der Waals surface area (Å²) in [6, 6.07) is 1.49. The number of carbonyl (C=O) groups excluding carboxylic acids is 5. The predicted molar refractivity (Wildman–Crippen MR) is 259 cm³/mol. The third-order valence-electron chi connectivity index (χ3n) is 15.2. The molecule has 10 rings (SSSR count). The van der Waals surface area contributed by atoms with Gasteiger partial charge in [0.2, 0.25) is 11.8 Å². The molecule has 0 aromatic carbocycles. The zero-order valence-corrected chi connectivity index (χ0v) is 43.6. The molecule has 6 atom stereocenters. The zero-order chi connectivity index (χ0) is 49.6. The first-order valence-electron chi connectivity index (χ1n) is 25.8. The van der Waals surface area contributed by atoms with Crippen LogP contribution in [0.15, 0.2) is 0 Å². The second-order valence-electron chi connectivity index (χ2n) is 24.1. The number of aliphatic hydroxyl groups excluding tert-OH is 1. The molecule has 2 aliphatic heterocycles. The number of hydrogen-bond donors (Lipinski definition) is 6. The minimum absolute atomic E-state index is 0.0334. The number of nitrogens with one attached hydrogen (secondary N) is 5. The highest BCUT2D eigenvalue weighted by Crippen LogP contribution is 2.57. The summed E-state index contributed by atoms with van der Waals surface area (Å²) in [4.78, 5) is 63.2. The fourth-order valence-electron chi connectivity index (χ4n) is 13.5. The van der Waals surface area contributed by atoms with E-state index in [9.17, 15) is 29.1 Å². The molecule has 2 heterocycles. The van der Waals surface area contributed by atoms with Crippen molar-refractivity contribution in [2.45, 2.75) is 226 Å². The van der Waals surface area contributed by atoms with Crippen molar-refractivity contribution in [1.29, 1.82) is 0 Å². The van der Waals surface area contributed by atoms with Gasteiger partial charge in [0.25, 0.3) is 0 Å². The van der Waals surface area contributed by atoms with Crippen molar-refractivity contribution in [2.75, 3.05) is 32.7 Å². The molecule has 8 bridgehead atoms. The van der Waals surface area contributed by atoms with Crippen LogP contribution in [0.1, 0.15) is 167 Å². The number of alkyl carbamates (subject to hydrolysis) is 2. The third kappa shape index (κ3) is 15.8. The van der Waals surface area contributed by atoms with Crippen LogP contribution in [0.3, 0.4) is 0 Å². The number of aliphatic hydroxyl groups is 1. The van der Waals surface area contributed by atoms with Crippen LogP contribution >= 0.6 is 0 Å². The third-order valence-corrected chi connectivity index (χ3v) is 15.2. The Morgan fingerprint density at radius 2 is 1.15 bits per heavy atom. The van der Waals surface area contributed by atoms with Gasteiger partial charge in [-0.15, -0.1) is 0 Å². The standard InChI is InChI=1S/C22H35N3O5.C12H19NO2.C9H18N2O2.C8H19N/c1-13(26)24-22-9-14-7-15(10-22)18(16(8-14)11-22)29-20(28)25-6-5-17(12-25)23-19(27)30-21(2,3)4;1-7(14)13-12-4-8-2-9(5-12)11(15)10(3-8)6-12;1-9(2,3)13-8(12)11-7-4-5-10-6-7;1-6-9(7(2)3)8(4)5/h14-18H,5-12H2,1-4H3,(H,23,27)(H,24,26);8-11,15H,2-6H2,1H3,(H,13,14);7,10H,4-6H2,1-3H3,(H,11,12);7-8H,6H2,1-5H3/t14?,15?,16?,17-,18?,22?;;7-;/m1.1./s1. The Kier molecular flexibility index (Phi) is 18.4. The first-order chi connectivity index (χ1) is 31.2. The molecule has 0 radical (unpaired) electrons. The van der Waals surface area contributed by atoms with Crippen molar-refractivity contribution < 1.29 is 43.3 Å². The van der Waals surface area contributed by atoms with Crippen LogP contribution < -0.4 is 26.6 Å². The summed E-state index contributed by atoms with van der Waals surface area (Å²) in [6.07, 6.45) is 11.0. The van der Waals surface area contributed by atoms with Gasteiger partial charge in [-0.25, -0.2) is 14.4 Å². The minimum Gasteiger partial charge on any atom is -0.446 e. The average Bonchev–Trinajstić information content (AvgIpc) is 3.85. The van der Waals surface area contributed by atoms with Gasteiger partial charge < -0.3 is 50.8 Å². The summed E-state index contributed by atoms with van der Waals surface area (Å²) < 4.78 is 16.5. The number of ether oxygens (including phenoxy) is 3. The second kappa shape index (κ2) is 22.6. The summed E-state index contributed by atoms with van der Waals surface area (Å²) in [7, 11) is 0. The number of hydrogen-bond acceptors (Lipinski definition) is 11. The average molecular weight is 946 g/mol. The van der Waals surface area contributed by atoms with Gasteiger partial charge in [-0.2, -0.15) is 0 Å². The highest BCUT2D eigenvalue weighted by Gasteiger charge is 2.58. The van der Waals surface area contributed by atoms with Crippen LogP contribution in [-0.4, -0.2) is 136 Å². The maximum Gasteiger partial charge on any atom is 0.410 e. The fourth-order valence-corrected chi connectivity index (χ4v) is 13.5. The molecule has 2 saturated heterocycles. The Morgan fingerprint density at radius 3 is 1.54 bits per heavy atom. The van der Waals surface area contributed by atoms with Crippen molar-refractivity contribution in [3.05, 3.63) is 0 Å². The van der Waals surface area contributed by atoms with E-state index in [0.29, 0.717) is 61.2 Å². The number of amides is 5. The molecule has 16 nitrogen and oxygen atoms in total. The lowest BCUT2D eigenvalue weighted by molar-refractivity contribution is -0.137. The van der Waals surface area contributed by atoms with Crippen LogP contribution in [0.5, 0.6) is 0 Å². The molecule has 384 valence electrons. The zero-order valence-electron chi connectivity index (χ0n) is 43.6. The highest BCUT2D eigenvalue weighted by atomic mass is 16.6. The highest BCUT2D eigenvalue weighted by molar-refractivity contribution is 5.74. The van der Waals surface area contributed by atoms with Gasteiger partial charge in [0, 0.05) is 62.7 Å². The molecular formula is C51H91N7O9. The monoisotopic (exact) mass is 946 g/mol. The largest absolute Gasteiger partial charge is 0.446 e. The molecule has 10 aliphatic rings.